The van der Waals surface area contributed by atoms with Gasteiger partial charge in [0.05, 0.1) is 10.6 Å². The summed E-state index contributed by atoms with van der Waals surface area (Å²) in [5.74, 6) is -1.39. The van der Waals surface area contributed by atoms with Crippen LogP contribution < -0.4 is 5.32 Å². The van der Waals surface area contributed by atoms with Crippen LogP contribution in [0.1, 0.15) is 30.6 Å². The van der Waals surface area contributed by atoms with Crippen LogP contribution in [-0.4, -0.2) is 49.4 Å². The monoisotopic (exact) mass is 388 g/mol. The van der Waals surface area contributed by atoms with Crippen molar-refractivity contribution in [2.75, 3.05) is 20.7 Å². The van der Waals surface area contributed by atoms with Gasteiger partial charge in [-0.1, -0.05) is 37.0 Å². The van der Waals surface area contributed by atoms with Gasteiger partial charge in [-0.3, -0.25) is 9.59 Å². The number of carbonyl (C=O) groups is 3. The van der Waals surface area contributed by atoms with Crippen molar-refractivity contribution in [3.63, 3.8) is 0 Å². The van der Waals surface area contributed by atoms with E-state index in [0.29, 0.717) is 11.4 Å². The maximum atomic E-state index is 12.4. The predicted octanol–water partition coefficient (Wildman–Crippen LogP) is 2.77. The summed E-state index contributed by atoms with van der Waals surface area (Å²) < 4.78 is 5.02. The Labute approximate surface area is 157 Å². The molecule has 0 aliphatic rings. The van der Waals surface area contributed by atoms with Crippen LogP contribution >= 0.6 is 23.2 Å². The van der Waals surface area contributed by atoms with E-state index >= 15 is 0 Å². The van der Waals surface area contributed by atoms with Crippen molar-refractivity contribution in [2.24, 2.45) is 5.92 Å². The van der Waals surface area contributed by atoms with Crippen molar-refractivity contribution in [3.8, 4) is 0 Å². The molecule has 1 aromatic carbocycles. The molecule has 1 atom stereocenters. The predicted molar refractivity (Wildman–Crippen MR) is 96.8 cm³/mol. The molecule has 0 spiro atoms. The van der Waals surface area contributed by atoms with Gasteiger partial charge in [0.25, 0.3) is 11.8 Å². The van der Waals surface area contributed by atoms with Gasteiger partial charge in [0.15, 0.2) is 6.61 Å². The van der Waals surface area contributed by atoms with Crippen LogP contribution in [0.2, 0.25) is 10.0 Å². The first kappa shape index (κ1) is 21.3. The Hall–Kier alpha value is -1.79. The molecule has 0 aliphatic carbocycles. The van der Waals surface area contributed by atoms with E-state index in [1.807, 2.05) is 13.8 Å². The van der Waals surface area contributed by atoms with Crippen LogP contribution in [0, 0.1) is 5.92 Å². The van der Waals surface area contributed by atoms with Crippen LogP contribution in [0.3, 0.4) is 0 Å². The summed E-state index contributed by atoms with van der Waals surface area (Å²) in [6, 6.07) is 3.58. The third-order valence-corrected chi connectivity index (χ3v) is 3.86. The molecule has 1 aromatic rings. The standard InChI is InChI=1S/C17H22Cl2N2O4/c1-10(2)7-14(17(24)25-9-15(22)21(3)4)20-16(23)12-6-5-11(18)8-13(12)19/h5-6,8,10,14H,7,9H2,1-4H3,(H,20,23)/t14-/m0/s1. The molecule has 0 bridgehead atoms. The van der Waals surface area contributed by atoms with E-state index in [1.54, 1.807) is 14.1 Å². The second-order valence-electron chi connectivity index (χ2n) is 6.18. The molecule has 0 saturated carbocycles. The first-order valence-corrected chi connectivity index (χ1v) is 8.50. The molecule has 0 radical (unpaired) electrons. The first-order valence-electron chi connectivity index (χ1n) is 7.74. The molecular formula is C17H22Cl2N2O4. The molecule has 1 rings (SSSR count). The zero-order chi connectivity index (χ0) is 19.1. The van der Waals surface area contributed by atoms with E-state index in [2.05, 4.69) is 5.32 Å². The Bertz CT molecular complexity index is 648. The summed E-state index contributed by atoms with van der Waals surface area (Å²) in [6.07, 6.45) is 0.367. The quantitative estimate of drug-likeness (QED) is 0.728. The normalized spacial score (nSPS) is 11.8. The highest BCUT2D eigenvalue weighted by molar-refractivity contribution is 6.36. The van der Waals surface area contributed by atoms with Crippen LogP contribution in [0.4, 0.5) is 0 Å². The SMILES string of the molecule is CC(C)C[C@H](NC(=O)c1ccc(Cl)cc1Cl)C(=O)OCC(=O)N(C)C. The molecule has 0 fully saturated rings. The number of esters is 1. The lowest BCUT2D eigenvalue weighted by Crippen LogP contribution is -2.43. The van der Waals surface area contributed by atoms with Gasteiger partial charge in [-0.2, -0.15) is 0 Å². The highest BCUT2D eigenvalue weighted by atomic mass is 35.5. The molecule has 0 aliphatic heterocycles. The summed E-state index contributed by atoms with van der Waals surface area (Å²) >= 11 is 11.8. The van der Waals surface area contributed by atoms with Gasteiger partial charge in [-0.05, 0) is 30.5 Å². The van der Waals surface area contributed by atoms with Crippen molar-refractivity contribution in [1.82, 2.24) is 10.2 Å². The molecule has 8 heteroatoms. The highest BCUT2D eigenvalue weighted by Gasteiger charge is 2.25. The molecule has 138 valence electrons. The van der Waals surface area contributed by atoms with Crippen molar-refractivity contribution < 1.29 is 19.1 Å². The second kappa shape index (κ2) is 9.63. The fourth-order valence-electron chi connectivity index (χ4n) is 1.96. The van der Waals surface area contributed by atoms with Crippen LogP contribution in [-0.2, 0) is 14.3 Å². The van der Waals surface area contributed by atoms with E-state index in [1.165, 1.54) is 23.1 Å². The highest BCUT2D eigenvalue weighted by Crippen LogP contribution is 2.21. The average Bonchev–Trinajstić information content (AvgIpc) is 2.50. The molecule has 6 nitrogen and oxygen atoms in total. The molecule has 0 aromatic heterocycles. The molecule has 0 unspecified atom stereocenters. The summed E-state index contributed by atoms with van der Waals surface area (Å²) in [4.78, 5) is 37.5. The number of halogens is 2. The molecule has 0 saturated heterocycles. The average molecular weight is 389 g/mol. The van der Waals surface area contributed by atoms with Gasteiger partial charge in [0.1, 0.15) is 6.04 Å². The van der Waals surface area contributed by atoms with E-state index in [9.17, 15) is 14.4 Å². The van der Waals surface area contributed by atoms with Crippen molar-refractivity contribution in [3.05, 3.63) is 33.8 Å². The molecular weight excluding hydrogens is 367 g/mol. The molecule has 0 heterocycles. The van der Waals surface area contributed by atoms with Gasteiger partial charge in [-0.25, -0.2) is 4.79 Å². The fourth-order valence-corrected chi connectivity index (χ4v) is 2.45. The van der Waals surface area contributed by atoms with Gasteiger partial charge < -0.3 is 15.0 Å². The van der Waals surface area contributed by atoms with Crippen LogP contribution in [0.15, 0.2) is 18.2 Å². The minimum Gasteiger partial charge on any atom is -0.454 e. The minimum absolute atomic E-state index is 0.128. The van der Waals surface area contributed by atoms with E-state index in [0.717, 1.165) is 0 Å². The van der Waals surface area contributed by atoms with Gasteiger partial charge in [-0.15, -0.1) is 0 Å². The second-order valence-corrected chi connectivity index (χ2v) is 7.02. The third-order valence-electron chi connectivity index (χ3n) is 3.31. The Morgan fingerprint density at radius 2 is 1.84 bits per heavy atom. The lowest BCUT2D eigenvalue weighted by Gasteiger charge is -2.20. The number of amides is 2. The van der Waals surface area contributed by atoms with Gasteiger partial charge >= 0.3 is 5.97 Å². The number of hydrogen-bond acceptors (Lipinski definition) is 4. The summed E-state index contributed by atoms with van der Waals surface area (Å²) in [5, 5.41) is 3.20. The summed E-state index contributed by atoms with van der Waals surface area (Å²) in [5.41, 5.74) is 0.206. The van der Waals surface area contributed by atoms with E-state index < -0.39 is 17.9 Å². The Balaban J connectivity index is 2.82. The smallest absolute Gasteiger partial charge is 0.329 e. The Morgan fingerprint density at radius 3 is 2.36 bits per heavy atom. The molecule has 1 N–H and O–H groups in total. The third kappa shape index (κ3) is 6.92. The van der Waals surface area contributed by atoms with Crippen molar-refractivity contribution in [1.29, 1.82) is 0 Å². The van der Waals surface area contributed by atoms with Crippen molar-refractivity contribution in [2.45, 2.75) is 26.3 Å². The van der Waals surface area contributed by atoms with Crippen LogP contribution in [0.5, 0.6) is 0 Å². The summed E-state index contributed by atoms with van der Waals surface area (Å²) in [6.45, 7) is 3.44. The number of nitrogens with one attached hydrogen (secondary N) is 1. The maximum absolute atomic E-state index is 12.4. The number of hydrogen-bond donors (Lipinski definition) is 1. The Kier molecular flexibility index (Phi) is 8.19. The molecule has 2 amide bonds. The molecule has 25 heavy (non-hydrogen) atoms. The zero-order valence-corrected chi connectivity index (χ0v) is 16.1. The van der Waals surface area contributed by atoms with Crippen LogP contribution in [0.25, 0.3) is 0 Å². The number of rotatable bonds is 7. The lowest BCUT2D eigenvalue weighted by molar-refractivity contribution is -0.153. The van der Waals surface area contributed by atoms with Crippen molar-refractivity contribution >= 4 is 41.0 Å². The number of carbonyl (C=O) groups excluding carboxylic acids is 3. The zero-order valence-electron chi connectivity index (χ0n) is 14.6. The lowest BCUT2D eigenvalue weighted by atomic mass is 10.0. The maximum Gasteiger partial charge on any atom is 0.329 e. The first-order chi connectivity index (χ1) is 11.6. The van der Waals surface area contributed by atoms with E-state index in [4.69, 9.17) is 27.9 Å². The number of benzene rings is 1. The number of likely N-dealkylation sites (N-methyl/N-ethyl adjacent to an activating group) is 1. The van der Waals surface area contributed by atoms with Gasteiger partial charge in [0, 0.05) is 19.1 Å². The number of ether oxygens (including phenoxy) is 1. The number of nitrogens with zero attached hydrogens (tertiary/aromatic N) is 1. The van der Waals surface area contributed by atoms with E-state index in [-0.39, 0.29) is 29.0 Å². The Morgan fingerprint density at radius 1 is 1.20 bits per heavy atom. The topological polar surface area (TPSA) is 75.7 Å². The van der Waals surface area contributed by atoms with Gasteiger partial charge in [0.2, 0.25) is 0 Å². The summed E-state index contributed by atoms with van der Waals surface area (Å²) in [7, 11) is 3.12. The minimum atomic E-state index is -0.880. The fraction of sp³-hybridized carbons (Fsp3) is 0.471. The largest absolute Gasteiger partial charge is 0.454 e.